The third-order valence-corrected chi connectivity index (χ3v) is 5.70. The summed E-state index contributed by atoms with van der Waals surface area (Å²) in [6.07, 6.45) is 14.8. The summed E-state index contributed by atoms with van der Waals surface area (Å²) >= 11 is 6.26. The number of halogens is 2. The largest absolute Gasteiger partial charge is 0.256 e. The van der Waals surface area contributed by atoms with Crippen LogP contribution in [-0.2, 0) is 6.42 Å². The molecule has 0 spiro atoms. The van der Waals surface area contributed by atoms with Crippen LogP contribution < -0.4 is 0 Å². The van der Waals surface area contributed by atoms with Gasteiger partial charge in [-0.25, -0.2) is 4.39 Å². The Morgan fingerprint density at radius 2 is 2.11 bits per heavy atom. The molecule has 0 radical (unpaired) electrons. The highest BCUT2D eigenvalue weighted by molar-refractivity contribution is 6.31. The van der Waals surface area contributed by atoms with E-state index in [1.807, 2.05) is 24.4 Å². The second-order valence-corrected chi connectivity index (χ2v) is 7.60. The first-order chi connectivity index (χ1) is 13.1. The number of unbranched alkanes of at least 4 members (excludes halogenated alkanes) is 1. The van der Waals surface area contributed by atoms with E-state index in [0.29, 0.717) is 17.2 Å². The minimum absolute atomic E-state index is 0.233. The fourth-order valence-electron chi connectivity index (χ4n) is 3.65. The summed E-state index contributed by atoms with van der Waals surface area (Å²) < 4.78 is 14.8. The molecule has 1 aliphatic carbocycles. The van der Waals surface area contributed by atoms with Crippen LogP contribution >= 0.6 is 11.6 Å². The highest BCUT2D eigenvalue weighted by Gasteiger charge is 2.16. The Kier molecular flexibility index (Phi) is 6.84. The van der Waals surface area contributed by atoms with Crippen LogP contribution in [0.25, 0.3) is 16.8 Å². The zero-order valence-corrected chi connectivity index (χ0v) is 16.9. The summed E-state index contributed by atoms with van der Waals surface area (Å²) in [5.74, 6) is 0.282. The van der Waals surface area contributed by atoms with E-state index >= 15 is 0 Å². The highest BCUT2D eigenvalue weighted by Crippen LogP contribution is 2.33. The van der Waals surface area contributed by atoms with Crippen LogP contribution in [0.1, 0.15) is 57.1 Å². The van der Waals surface area contributed by atoms with Crippen molar-refractivity contribution in [2.24, 2.45) is 5.92 Å². The van der Waals surface area contributed by atoms with Crippen LogP contribution in [0.3, 0.4) is 0 Å². The Morgan fingerprint density at radius 3 is 2.74 bits per heavy atom. The first-order valence-electron chi connectivity index (χ1n) is 9.89. The summed E-state index contributed by atoms with van der Waals surface area (Å²) in [6, 6.07) is 7.67. The van der Waals surface area contributed by atoms with E-state index in [1.165, 1.54) is 12.0 Å². The average molecular weight is 384 g/mol. The molecular formula is C24H27ClFN. The molecule has 1 heterocycles. The maximum atomic E-state index is 14.8. The van der Waals surface area contributed by atoms with Gasteiger partial charge in [0.1, 0.15) is 0 Å². The summed E-state index contributed by atoms with van der Waals surface area (Å²) in [4.78, 5) is 4.52. The summed E-state index contributed by atoms with van der Waals surface area (Å²) in [5.41, 5.74) is 4.44. The molecule has 0 N–H and O–H groups in total. The van der Waals surface area contributed by atoms with E-state index in [1.54, 1.807) is 6.07 Å². The van der Waals surface area contributed by atoms with Crippen molar-refractivity contribution in [2.45, 2.75) is 52.4 Å². The van der Waals surface area contributed by atoms with Gasteiger partial charge in [-0.3, -0.25) is 4.98 Å². The first kappa shape index (κ1) is 19.8. The fraction of sp³-hybridized carbons (Fsp3) is 0.375. The third-order valence-electron chi connectivity index (χ3n) is 5.29. The van der Waals surface area contributed by atoms with E-state index < -0.39 is 0 Å². The van der Waals surface area contributed by atoms with E-state index in [-0.39, 0.29) is 10.8 Å². The molecule has 0 bridgehead atoms. The van der Waals surface area contributed by atoms with Crippen molar-refractivity contribution >= 4 is 17.2 Å². The van der Waals surface area contributed by atoms with Crippen molar-refractivity contribution in [1.82, 2.24) is 4.98 Å². The highest BCUT2D eigenvalue weighted by atomic mass is 35.5. The lowest BCUT2D eigenvalue weighted by Crippen LogP contribution is -2.03. The van der Waals surface area contributed by atoms with Crippen LogP contribution in [0.4, 0.5) is 4.39 Å². The molecule has 1 aliphatic rings. The van der Waals surface area contributed by atoms with Crippen molar-refractivity contribution < 1.29 is 4.39 Å². The Labute approximate surface area is 167 Å². The maximum Gasteiger partial charge on any atom is 0.151 e. The Bertz CT molecular complexity index is 836. The van der Waals surface area contributed by atoms with Crippen molar-refractivity contribution in [2.75, 3.05) is 0 Å². The molecule has 1 unspecified atom stereocenters. The smallest absolute Gasteiger partial charge is 0.151 e. The molecule has 0 amide bonds. The van der Waals surface area contributed by atoms with Gasteiger partial charge in [0, 0.05) is 11.8 Å². The first-order valence-corrected chi connectivity index (χ1v) is 10.3. The van der Waals surface area contributed by atoms with E-state index in [2.05, 4.69) is 37.1 Å². The standard InChI is InChI=1S/C24H27ClFN/c1-3-5-7-19-12-14-21(24(26)23(19)25)22-15-13-20(16-27-22)18-10-8-17(6-4-2)9-11-18/h4,6,10,12-17H,3,5,7-9,11H2,1-2H3/b6-4+. The zero-order chi connectivity index (χ0) is 19.2. The molecular weight excluding hydrogens is 357 g/mol. The minimum atomic E-state index is -0.364. The van der Waals surface area contributed by atoms with E-state index in [4.69, 9.17) is 11.6 Å². The number of pyridine rings is 1. The van der Waals surface area contributed by atoms with Crippen LogP contribution in [0.5, 0.6) is 0 Å². The predicted octanol–water partition coefficient (Wildman–Crippen LogP) is 7.64. The average Bonchev–Trinajstić information content (AvgIpc) is 2.70. The lowest BCUT2D eigenvalue weighted by Gasteiger charge is -2.19. The molecule has 27 heavy (non-hydrogen) atoms. The van der Waals surface area contributed by atoms with Crippen molar-refractivity contribution in [1.29, 1.82) is 0 Å². The van der Waals surface area contributed by atoms with Gasteiger partial charge in [-0.05, 0) is 73.8 Å². The van der Waals surface area contributed by atoms with E-state index in [9.17, 15) is 4.39 Å². The van der Waals surface area contributed by atoms with Gasteiger partial charge >= 0.3 is 0 Å². The number of aromatic nitrogens is 1. The predicted molar refractivity (Wildman–Crippen MR) is 113 cm³/mol. The normalized spacial score (nSPS) is 17.3. The molecule has 3 rings (SSSR count). The SMILES string of the molecule is C/C=C/C1CC=C(c2ccc(-c3ccc(CCCC)c(Cl)c3F)nc2)CC1. The second kappa shape index (κ2) is 9.32. The van der Waals surface area contributed by atoms with Gasteiger partial charge in [-0.2, -0.15) is 0 Å². The summed E-state index contributed by atoms with van der Waals surface area (Å²) in [5, 5.41) is 0.233. The molecule has 142 valence electrons. The molecule has 1 nitrogen and oxygen atoms in total. The number of aryl methyl sites for hydroxylation is 1. The second-order valence-electron chi connectivity index (χ2n) is 7.23. The number of hydrogen-bond acceptors (Lipinski definition) is 1. The van der Waals surface area contributed by atoms with Gasteiger partial charge < -0.3 is 0 Å². The lowest BCUT2D eigenvalue weighted by atomic mass is 9.87. The van der Waals surface area contributed by atoms with Crippen molar-refractivity contribution in [3.63, 3.8) is 0 Å². The molecule has 0 fully saturated rings. The van der Waals surface area contributed by atoms with Gasteiger partial charge in [0.05, 0.1) is 10.7 Å². The van der Waals surface area contributed by atoms with Crippen LogP contribution in [-0.4, -0.2) is 4.98 Å². The van der Waals surface area contributed by atoms with Crippen LogP contribution in [0.15, 0.2) is 48.7 Å². The molecule has 0 saturated heterocycles. The number of rotatable bonds is 6. The van der Waals surface area contributed by atoms with E-state index in [0.717, 1.165) is 43.2 Å². The molecule has 1 atom stereocenters. The number of benzene rings is 1. The van der Waals surface area contributed by atoms with Crippen molar-refractivity contribution in [3.05, 3.63) is 70.7 Å². The Hall–Kier alpha value is -1.93. The molecule has 0 aliphatic heterocycles. The Morgan fingerprint density at radius 1 is 1.26 bits per heavy atom. The molecule has 2 aromatic rings. The van der Waals surface area contributed by atoms with Gasteiger partial charge in [-0.1, -0.05) is 55.3 Å². The van der Waals surface area contributed by atoms with Gasteiger partial charge in [0.25, 0.3) is 0 Å². The third kappa shape index (κ3) is 4.68. The van der Waals surface area contributed by atoms with Crippen LogP contribution in [0.2, 0.25) is 5.02 Å². The molecule has 3 heteroatoms. The quantitative estimate of drug-likeness (QED) is 0.467. The topological polar surface area (TPSA) is 12.9 Å². The summed E-state index contributed by atoms with van der Waals surface area (Å²) in [7, 11) is 0. The molecule has 0 saturated carbocycles. The number of allylic oxidation sites excluding steroid dienone is 4. The van der Waals surface area contributed by atoms with Gasteiger partial charge in [-0.15, -0.1) is 0 Å². The van der Waals surface area contributed by atoms with Gasteiger partial charge in [0.15, 0.2) is 5.82 Å². The van der Waals surface area contributed by atoms with Crippen molar-refractivity contribution in [3.8, 4) is 11.3 Å². The maximum absolute atomic E-state index is 14.8. The monoisotopic (exact) mass is 383 g/mol. The Balaban J connectivity index is 1.79. The zero-order valence-electron chi connectivity index (χ0n) is 16.1. The fourth-order valence-corrected chi connectivity index (χ4v) is 3.91. The number of hydrogen-bond donors (Lipinski definition) is 0. The molecule has 1 aromatic carbocycles. The summed E-state index contributed by atoms with van der Waals surface area (Å²) in [6.45, 7) is 4.19. The molecule has 1 aromatic heterocycles. The lowest BCUT2D eigenvalue weighted by molar-refractivity contribution is 0.591. The number of nitrogens with zero attached hydrogens (tertiary/aromatic N) is 1. The van der Waals surface area contributed by atoms with Crippen LogP contribution in [0, 0.1) is 11.7 Å². The minimum Gasteiger partial charge on any atom is -0.256 e. The van der Waals surface area contributed by atoms with Gasteiger partial charge in [0.2, 0.25) is 0 Å².